The number of methoxy groups -OCH3 is 1. The second-order valence-electron chi connectivity index (χ2n) is 7.70. The molecular weight excluding hydrogens is 366 g/mol. The van der Waals surface area contributed by atoms with Crippen molar-refractivity contribution in [2.75, 3.05) is 13.7 Å². The highest BCUT2D eigenvalue weighted by Crippen LogP contribution is 2.34. The number of aromatic nitrogens is 1. The molecule has 1 N–H and O–H groups in total. The summed E-state index contributed by atoms with van der Waals surface area (Å²) >= 11 is 0. The molecule has 1 aromatic heterocycles. The fourth-order valence-corrected chi connectivity index (χ4v) is 3.69. The highest BCUT2D eigenvalue weighted by molar-refractivity contribution is 5.89. The summed E-state index contributed by atoms with van der Waals surface area (Å²) in [6, 6.07) is 5.06. The van der Waals surface area contributed by atoms with E-state index in [1.807, 2.05) is 0 Å². The summed E-state index contributed by atoms with van der Waals surface area (Å²) in [5, 5.41) is 10.8. The number of ether oxygens (including phenoxy) is 2. The lowest BCUT2D eigenvalue weighted by Crippen LogP contribution is -2.24. The van der Waals surface area contributed by atoms with Gasteiger partial charge in [-0.05, 0) is 25.0 Å². The first-order valence-corrected chi connectivity index (χ1v) is 11.2. The van der Waals surface area contributed by atoms with Gasteiger partial charge in [0, 0.05) is 18.0 Å². The Bertz CT molecular complexity index is 813. The number of unbranched alkanes of at least 4 members (excludes halogenated alkanes) is 8. The predicted octanol–water partition coefficient (Wildman–Crippen LogP) is 6.04. The van der Waals surface area contributed by atoms with Gasteiger partial charge in [-0.15, -0.1) is 0 Å². The molecule has 162 valence electrons. The van der Waals surface area contributed by atoms with Gasteiger partial charge in [0.15, 0.2) is 5.75 Å². The zero-order valence-corrected chi connectivity index (χ0v) is 18.3. The van der Waals surface area contributed by atoms with Gasteiger partial charge < -0.3 is 19.1 Å². The molecular formula is C24H37NO4. The van der Waals surface area contributed by atoms with Crippen LogP contribution in [0.25, 0.3) is 10.9 Å². The van der Waals surface area contributed by atoms with Crippen LogP contribution >= 0.6 is 0 Å². The monoisotopic (exact) mass is 403 g/mol. The maximum Gasteiger partial charge on any atom is 0.297 e. The van der Waals surface area contributed by atoms with E-state index in [1.165, 1.54) is 32.1 Å². The van der Waals surface area contributed by atoms with Gasteiger partial charge in [0.2, 0.25) is 5.75 Å². The van der Waals surface area contributed by atoms with Gasteiger partial charge in [-0.1, -0.05) is 65.2 Å². The van der Waals surface area contributed by atoms with Crippen molar-refractivity contribution in [2.24, 2.45) is 0 Å². The second-order valence-corrected chi connectivity index (χ2v) is 7.70. The molecule has 2 aromatic rings. The number of aromatic hydroxyl groups is 1. The molecule has 2 rings (SSSR count). The minimum Gasteiger partial charge on any atom is -0.508 e. The third-order valence-electron chi connectivity index (χ3n) is 5.35. The summed E-state index contributed by atoms with van der Waals surface area (Å²) in [6.07, 6.45) is 11.3. The van der Waals surface area contributed by atoms with Crippen molar-refractivity contribution in [1.29, 1.82) is 0 Å². The van der Waals surface area contributed by atoms with Crippen LogP contribution in [0.5, 0.6) is 17.2 Å². The minimum atomic E-state index is -0.177. The number of pyridine rings is 1. The van der Waals surface area contributed by atoms with Gasteiger partial charge in [0.05, 0.1) is 19.2 Å². The van der Waals surface area contributed by atoms with Crippen LogP contribution in [-0.4, -0.2) is 23.4 Å². The summed E-state index contributed by atoms with van der Waals surface area (Å²) in [7, 11) is 1.56. The van der Waals surface area contributed by atoms with E-state index in [-0.39, 0.29) is 17.1 Å². The maximum absolute atomic E-state index is 13.2. The first kappa shape index (κ1) is 23.1. The average molecular weight is 404 g/mol. The summed E-state index contributed by atoms with van der Waals surface area (Å²) in [4.78, 5) is 13.2. The van der Waals surface area contributed by atoms with Crippen LogP contribution in [0.2, 0.25) is 0 Å². The molecule has 0 bridgehead atoms. The lowest BCUT2D eigenvalue weighted by molar-refractivity contribution is 0.280. The Morgan fingerprint density at radius 1 is 0.897 bits per heavy atom. The lowest BCUT2D eigenvalue weighted by atomic mass is 10.1. The fourth-order valence-electron chi connectivity index (χ4n) is 3.69. The van der Waals surface area contributed by atoms with Crippen molar-refractivity contribution in [3.8, 4) is 17.2 Å². The van der Waals surface area contributed by atoms with E-state index in [2.05, 4.69) is 13.8 Å². The van der Waals surface area contributed by atoms with Gasteiger partial charge in [0.25, 0.3) is 5.56 Å². The Morgan fingerprint density at radius 2 is 1.55 bits per heavy atom. The number of phenolic OH excluding ortho intramolecular Hbond substituents is 1. The molecule has 0 saturated carbocycles. The molecule has 0 saturated heterocycles. The fraction of sp³-hybridized carbons (Fsp3) is 0.625. The van der Waals surface area contributed by atoms with Crippen LogP contribution in [0.1, 0.15) is 78.1 Å². The van der Waals surface area contributed by atoms with Crippen LogP contribution in [0.3, 0.4) is 0 Å². The SMILES string of the molecule is CCCCCCCCn1c(=O)c(OCCCCCC)c(OC)c2ccc(O)cc21. The number of hydrogen-bond donors (Lipinski definition) is 1. The molecule has 0 spiro atoms. The summed E-state index contributed by atoms with van der Waals surface area (Å²) < 4.78 is 13.2. The van der Waals surface area contributed by atoms with Gasteiger partial charge in [-0.3, -0.25) is 4.79 Å². The number of phenols is 1. The van der Waals surface area contributed by atoms with Crippen molar-refractivity contribution in [3.05, 3.63) is 28.6 Å². The minimum absolute atomic E-state index is 0.142. The quantitative estimate of drug-likeness (QED) is 0.391. The number of aryl methyl sites for hydroxylation is 1. The third kappa shape index (κ3) is 6.41. The van der Waals surface area contributed by atoms with Crippen molar-refractivity contribution in [2.45, 2.75) is 84.6 Å². The van der Waals surface area contributed by atoms with Gasteiger partial charge in [0.1, 0.15) is 5.75 Å². The number of nitrogens with zero attached hydrogens (tertiary/aromatic N) is 1. The Labute approximate surface area is 174 Å². The molecule has 0 aliphatic carbocycles. The number of hydrogen-bond acceptors (Lipinski definition) is 4. The molecule has 0 atom stereocenters. The third-order valence-corrected chi connectivity index (χ3v) is 5.35. The Morgan fingerprint density at radius 3 is 2.24 bits per heavy atom. The molecule has 29 heavy (non-hydrogen) atoms. The largest absolute Gasteiger partial charge is 0.508 e. The van der Waals surface area contributed by atoms with Crippen LogP contribution in [0.15, 0.2) is 23.0 Å². The zero-order valence-electron chi connectivity index (χ0n) is 18.3. The van der Waals surface area contributed by atoms with Crippen LogP contribution in [0.4, 0.5) is 0 Å². The van der Waals surface area contributed by atoms with Crippen LogP contribution < -0.4 is 15.0 Å². The van der Waals surface area contributed by atoms with Crippen molar-refractivity contribution in [3.63, 3.8) is 0 Å². The van der Waals surface area contributed by atoms with E-state index in [0.29, 0.717) is 24.4 Å². The standard InChI is InChI=1S/C24H37NO4/c1-4-6-8-10-11-12-16-25-21-18-19(26)14-15-20(21)22(28-3)23(24(25)27)29-17-13-9-7-5-2/h14-15,18,26H,4-13,16-17H2,1-3H3. The summed E-state index contributed by atoms with van der Waals surface area (Å²) in [5.74, 6) is 0.886. The van der Waals surface area contributed by atoms with E-state index in [1.54, 1.807) is 29.9 Å². The molecule has 0 amide bonds. The molecule has 5 nitrogen and oxygen atoms in total. The first-order valence-electron chi connectivity index (χ1n) is 11.2. The summed E-state index contributed by atoms with van der Waals surface area (Å²) in [6.45, 7) is 5.50. The van der Waals surface area contributed by atoms with Crippen LogP contribution in [-0.2, 0) is 6.54 Å². The molecule has 0 unspecified atom stereocenters. The maximum atomic E-state index is 13.2. The highest BCUT2D eigenvalue weighted by atomic mass is 16.5. The van der Waals surface area contributed by atoms with E-state index >= 15 is 0 Å². The van der Waals surface area contributed by atoms with E-state index < -0.39 is 0 Å². The van der Waals surface area contributed by atoms with E-state index in [4.69, 9.17) is 9.47 Å². The highest BCUT2D eigenvalue weighted by Gasteiger charge is 2.19. The number of benzene rings is 1. The van der Waals surface area contributed by atoms with Crippen molar-refractivity contribution >= 4 is 10.9 Å². The Hall–Kier alpha value is -2.17. The molecule has 5 heteroatoms. The first-order chi connectivity index (χ1) is 14.1. The predicted molar refractivity (Wildman–Crippen MR) is 119 cm³/mol. The topological polar surface area (TPSA) is 60.7 Å². The van der Waals surface area contributed by atoms with Crippen molar-refractivity contribution < 1.29 is 14.6 Å². The van der Waals surface area contributed by atoms with Crippen LogP contribution in [0, 0.1) is 0 Å². The van der Waals surface area contributed by atoms with Gasteiger partial charge in [-0.2, -0.15) is 0 Å². The zero-order chi connectivity index (χ0) is 21.1. The number of fused-ring (bicyclic) bond motifs is 1. The van der Waals surface area contributed by atoms with E-state index in [9.17, 15) is 9.90 Å². The average Bonchev–Trinajstić information content (AvgIpc) is 2.72. The summed E-state index contributed by atoms with van der Waals surface area (Å²) in [5.41, 5.74) is 0.516. The van der Waals surface area contributed by atoms with Gasteiger partial charge in [-0.25, -0.2) is 0 Å². The molecule has 1 heterocycles. The molecule has 0 radical (unpaired) electrons. The molecule has 0 aliphatic rings. The van der Waals surface area contributed by atoms with Crippen molar-refractivity contribution in [1.82, 2.24) is 4.57 Å². The molecule has 0 fully saturated rings. The lowest BCUT2D eigenvalue weighted by Gasteiger charge is -2.17. The van der Waals surface area contributed by atoms with Gasteiger partial charge >= 0.3 is 0 Å². The number of rotatable bonds is 14. The molecule has 1 aromatic carbocycles. The Balaban J connectivity index is 2.28. The second kappa shape index (κ2) is 12.4. The Kier molecular flexibility index (Phi) is 9.89. The van der Waals surface area contributed by atoms with E-state index in [0.717, 1.165) is 37.5 Å². The molecule has 0 aliphatic heterocycles. The normalized spacial score (nSPS) is 11.1. The smallest absolute Gasteiger partial charge is 0.297 e.